The summed E-state index contributed by atoms with van der Waals surface area (Å²) in [5.41, 5.74) is 2.20. The number of benzene rings is 1. The van der Waals surface area contributed by atoms with Crippen molar-refractivity contribution in [2.75, 3.05) is 4.90 Å². The number of anilines is 1. The third kappa shape index (κ3) is 2.49. The first-order chi connectivity index (χ1) is 8.91. The number of carboxylic acid groups (broad SMARTS) is 1. The van der Waals surface area contributed by atoms with Crippen molar-refractivity contribution in [1.29, 1.82) is 0 Å². The smallest absolute Gasteiger partial charge is 0.305 e. The highest BCUT2D eigenvalue weighted by Crippen LogP contribution is 2.36. The molecule has 1 N–H and O–H groups in total. The lowest BCUT2D eigenvalue weighted by Gasteiger charge is -2.18. The molecule has 1 atom stereocenters. The summed E-state index contributed by atoms with van der Waals surface area (Å²) in [5.74, 6) is -1.53. The minimum Gasteiger partial charge on any atom is -0.481 e. The van der Waals surface area contributed by atoms with Crippen molar-refractivity contribution in [3.05, 3.63) is 29.3 Å². The summed E-state index contributed by atoms with van der Waals surface area (Å²) in [6, 6.07) is 5.48. The molecule has 0 saturated carbocycles. The molecule has 0 bridgehead atoms. The van der Waals surface area contributed by atoms with Crippen LogP contribution in [0.2, 0.25) is 0 Å². The third-order valence-electron chi connectivity index (χ3n) is 2.94. The van der Waals surface area contributed by atoms with Gasteiger partial charge < -0.3 is 5.11 Å². The average molecular weight is 279 g/mol. The van der Waals surface area contributed by atoms with Crippen molar-refractivity contribution in [1.82, 2.24) is 0 Å². The van der Waals surface area contributed by atoms with Crippen LogP contribution in [-0.4, -0.2) is 27.5 Å². The number of imide groups is 1. The lowest BCUT2D eigenvalue weighted by molar-refractivity contribution is -0.138. The van der Waals surface area contributed by atoms with Gasteiger partial charge in [0.05, 0.1) is 12.1 Å². The predicted octanol–water partition coefficient (Wildman–Crippen LogP) is 2.35. The van der Waals surface area contributed by atoms with E-state index in [-0.39, 0.29) is 6.42 Å². The lowest BCUT2D eigenvalue weighted by Crippen LogP contribution is -2.33. The van der Waals surface area contributed by atoms with E-state index in [2.05, 4.69) is 0 Å². The number of carbonyl (C=O) groups is 3. The van der Waals surface area contributed by atoms with Gasteiger partial charge in [0.2, 0.25) is 5.91 Å². The summed E-state index contributed by atoms with van der Waals surface area (Å²) in [4.78, 5) is 35.9. The van der Waals surface area contributed by atoms with Crippen LogP contribution in [0.15, 0.2) is 18.2 Å². The van der Waals surface area contributed by atoms with Gasteiger partial charge in [0.25, 0.3) is 5.24 Å². The van der Waals surface area contributed by atoms with Gasteiger partial charge in [0, 0.05) is 0 Å². The Morgan fingerprint density at radius 1 is 1.32 bits per heavy atom. The molecule has 0 unspecified atom stereocenters. The zero-order valence-corrected chi connectivity index (χ0v) is 11.4. The molecule has 1 aliphatic heterocycles. The zero-order chi connectivity index (χ0) is 14.2. The van der Waals surface area contributed by atoms with Gasteiger partial charge in [-0.15, -0.1) is 0 Å². The molecule has 1 aromatic carbocycles. The molecule has 19 heavy (non-hydrogen) atoms. The number of nitrogens with zero attached hydrogens (tertiary/aromatic N) is 1. The number of amides is 2. The second-order valence-corrected chi connectivity index (χ2v) is 5.54. The van der Waals surface area contributed by atoms with Crippen LogP contribution < -0.4 is 4.90 Å². The lowest BCUT2D eigenvalue weighted by atomic mass is 10.1. The number of rotatable bonds is 3. The third-order valence-corrected chi connectivity index (χ3v) is 3.98. The number of hydrogen-bond donors (Lipinski definition) is 1. The maximum absolute atomic E-state index is 12.2. The van der Waals surface area contributed by atoms with Crippen molar-refractivity contribution >= 4 is 34.6 Å². The maximum Gasteiger partial charge on any atom is 0.305 e. The molecular weight excluding hydrogens is 266 g/mol. The van der Waals surface area contributed by atoms with Crippen LogP contribution in [0.5, 0.6) is 0 Å². The molecule has 0 aliphatic carbocycles. The van der Waals surface area contributed by atoms with Crippen molar-refractivity contribution < 1.29 is 19.5 Å². The van der Waals surface area contributed by atoms with Crippen molar-refractivity contribution in [3.8, 4) is 0 Å². The first-order valence-corrected chi connectivity index (χ1v) is 6.62. The number of hydrogen-bond acceptors (Lipinski definition) is 4. The van der Waals surface area contributed by atoms with Gasteiger partial charge in [-0.3, -0.25) is 14.4 Å². The molecule has 1 fully saturated rings. The Morgan fingerprint density at radius 2 is 1.89 bits per heavy atom. The largest absolute Gasteiger partial charge is 0.481 e. The minimum atomic E-state index is -1.08. The van der Waals surface area contributed by atoms with Crippen LogP contribution in [0.3, 0.4) is 0 Å². The zero-order valence-electron chi connectivity index (χ0n) is 10.5. The first-order valence-electron chi connectivity index (χ1n) is 5.74. The van der Waals surface area contributed by atoms with E-state index in [4.69, 9.17) is 5.11 Å². The predicted molar refractivity (Wildman–Crippen MR) is 72.4 cm³/mol. The highest BCUT2D eigenvalue weighted by atomic mass is 32.2. The van der Waals surface area contributed by atoms with Crippen LogP contribution in [-0.2, 0) is 9.59 Å². The molecule has 1 heterocycles. The van der Waals surface area contributed by atoms with Gasteiger partial charge >= 0.3 is 5.97 Å². The number of carbonyl (C=O) groups excluding carboxylic acids is 2. The number of aliphatic carboxylic acids is 1. The summed E-state index contributed by atoms with van der Waals surface area (Å²) in [7, 11) is 0. The van der Waals surface area contributed by atoms with Crippen LogP contribution in [0.25, 0.3) is 0 Å². The highest BCUT2D eigenvalue weighted by molar-refractivity contribution is 8.15. The van der Waals surface area contributed by atoms with E-state index in [1.165, 1.54) is 0 Å². The topological polar surface area (TPSA) is 74.7 Å². The summed E-state index contributed by atoms with van der Waals surface area (Å²) in [6.45, 7) is 3.64. The Morgan fingerprint density at radius 3 is 2.42 bits per heavy atom. The van der Waals surface area contributed by atoms with E-state index in [1.807, 2.05) is 32.0 Å². The number of para-hydroxylation sites is 1. The molecule has 0 aromatic heterocycles. The fourth-order valence-electron chi connectivity index (χ4n) is 2.11. The monoisotopic (exact) mass is 279 g/mol. The molecular formula is C13H13NO4S. The molecule has 2 rings (SSSR count). The fraction of sp³-hybridized carbons (Fsp3) is 0.308. The van der Waals surface area contributed by atoms with Gasteiger partial charge in [-0.2, -0.15) is 0 Å². The molecule has 1 saturated heterocycles. The Kier molecular flexibility index (Phi) is 3.61. The highest BCUT2D eigenvalue weighted by Gasteiger charge is 2.42. The molecule has 100 valence electrons. The van der Waals surface area contributed by atoms with Gasteiger partial charge in [-0.1, -0.05) is 18.2 Å². The van der Waals surface area contributed by atoms with Crippen molar-refractivity contribution in [3.63, 3.8) is 0 Å². The van der Waals surface area contributed by atoms with Gasteiger partial charge in [0.15, 0.2) is 0 Å². The van der Waals surface area contributed by atoms with Crippen molar-refractivity contribution in [2.45, 2.75) is 25.5 Å². The summed E-state index contributed by atoms with van der Waals surface area (Å²) >= 11 is 0.779. The number of aryl methyl sites for hydroxylation is 2. The van der Waals surface area contributed by atoms with Crippen LogP contribution in [0, 0.1) is 13.8 Å². The molecule has 1 aliphatic rings. The van der Waals surface area contributed by atoms with Crippen LogP contribution in [0.1, 0.15) is 17.5 Å². The van der Waals surface area contributed by atoms with E-state index in [0.717, 1.165) is 27.8 Å². The molecule has 1 aromatic rings. The van der Waals surface area contributed by atoms with E-state index >= 15 is 0 Å². The quantitative estimate of drug-likeness (QED) is 0.919. The molecule has 2 amide bonds. The molecule has 6 heteroatoms. The van der Waals surface area contributed by atoms with Crippen molar-refractivity contribution in [2.24, 2.45) is 0 Å². The molecule has 5 nitrogen and oxygen atoms in total. The standard InChI is InChI=1S/C13H13NO4S/c1-7-4-3-5-8(2)11(7)14-12(17)9(6-10(15)16)19-13(14)18/h3-5,9H,6H2,1-2H3,(H,15,16)/t9-/m0/s1. The molecule has 0 spiro atoms. The Balaban J connectivity index is 2.38. The minimum absolute atomic E-state index is 0.337. The van der Waals surface area contributed by atoms with Crippen LogP contribution in [0.4, 0.5) is 10.5 Å². The second kappa shape index (κ2) is 5.05. The normalized spacial score (nSPS) is 19.1. The van der Waals surface area contributed by atoms with E-state index in [9.17, 15) is 14.4 Å². The SMILES string of the molecule is Cc1cccc(C)c1N1C(=O)S[C@@H](CC(=O)O)C1=O. The van der Waals surface area contributed by atoms with E-state index < -0.39 is 22.4 Å². The first kappa shape index (κ1) is 13.6. The fourth-order valence-corrected chi connectivity index (χ4v) is 3.07. The van der Waals surface area contributed by atoms with E-state index in [1.54, 1.807) is 0 Å². The summed E-state index contributed by atoms with van der Waals surface area (Å²) < 4.78 is 0. The van der Waals surface area contributed by atoms with Gasteiger partial charge in [-0.25, -0.2) is 4.90 Å². The Bertz CT molecular complexity index is 550. The number of thioether (sulfide) groups is 1. The van der Waals surface area contributed by atoms with E-state index in [0.29, 0.717) is 5.69 Å². The Hall–Kier alpha value is -1.82. The summed E-state index contributed by atoms with van der Waals surface area (Å²) in [5, 5.41) is 7.51. The summed E-state index contributed by atoms with van der Waals surface area (Å²) in [6.07, 6.45) is -0.337. The maximum atomic E-state index is 12.2. The van der Waals surface area contributed by atoms with Gasteiger partial charge in [-0.05, 0) is 36.7 Å². The van der Waals surface area contributed by atoms with Gasteiger partial charge in [0.1, 0.15) is 5.25 Å². The Labute approximate surface area is 114 Å². The van der Waals surface area contributed by atoms with Crippen LogP contribution >= 0.6 is 11.8 Å². The second-order valence-electron chi connectivity index (χ2n) is 4.38. The molecule has 0 radical (unpaired) electrons. The average Bonchev–Trinajstić information content (AvgIpc) is 2.55. The number of carboxylic acids is 1.